The Kier molecular flexibility index (Phi) is 6.29. The molecule has 1 aromatic carbocycles. The molecule has 8 heteroatoms. The normalized spacial score (nSPS) is 18.8. The Morgan fingerprint density at radius 1 is 1.40 bits per heavy atom. The molecule has 7 nitrogen and oxygen atoms in total. The van der Waals surface area contributed by atoms with Gasteiger partial charge in [0.25, 0.3) is 5.91 Å². The molecule has 1 saturated heterocycles. The number of hydrogen-bond acceptors (Lipinski definition) is 6. The minimum absolute atomic E-state index is 0.0280. The third-order valence-electron chi connectivity index (χ3n) is 4.58. The van der Waals surface area contributed by atoms with Crippen LogP contribution in [-0.4, -0.2) is 57.8 Å². The number of amides is 1. The Labute approximate surface area is 149 Å². The number of carbonyl (C=O) groups excluding carboxylic acids is 1. The number of sulfone groups is 1. The van der Waals surface area contributed by atoms with Crippen molar-refractivity contribution in [2.45, 2.75) is 37.6 Å². The highest BCUT2D eigenvalue weighted by Crippen LogP contribution is 2.29. The van der Waals surface area contributed by atoms with Gasteiger partial charge in [0.05, 0.1) is 29.0 Å². The van der Waals surface area contributed by atoms with Crippen LogP contribution in [0, 0.1) is 0 Å². The van der Waals surface area contributed by atoms with Gasteiger partial charge in [-0.25, -0.2) is 8.42 Å². The van der Waals surface area contributed by atoms with Gasteiger partial charge >= 0.3 is 0 Å². The molecule has 0 spiro atoms. The average Bonchev–Trinajstić information content (AvgIpc) is 2.61. The smallest absolute Gasteiger partial charge is 0.255 e. The molecule has 0 radical (unpaired) electrons. The summed E-state index contributed by atoms with van der Waals surface area (Å²) in [6, 6.07) is 2.76. The maximum absolute atomic E-state index is 12.7. The van der Waals surface area contributed by atoms with Crippen molar-refractivity contribution in [3.63, 3.8) is 0 Å². The summed E-state index contributed by atoms with van der Waals surface area (Å²) in [6.45, 7) is 6.40. The lowest BCUT2D eigenvalue weighted by Gasteiger charge is -2.32. The minimum Gasteiger partial charge on any atom is -0.496 e. The van der Waals surface area contributed by atoms with Crippen molar-refractivity contribution >= 4 is 21.4 Å². The van der Waals surface area contributed by atoms with E-state index in [9.17, 15) is 13.2 Å². The lowest BCUT2D eigenvalue weighted by molar-refractivity contribution is 0.0902. The van der Waals surface area contributed by atoms with Crippen LogP contribution in [0.1, 0.15) is 37.0 Å². The highest BCUT2D eigenvalue weighted by atomic mass is 32.2. The summed E-state index contributed by atoms with van der Waals surface area (Å²) >= 11 is 0. The molecule has 25 heavy (non-hydrogen) atoms. The van der Waals surface area contributed by atoms with Crippen LogP contribution in [0.4, 0.5) is 5.69 Å². The van der Waals surface area contributed by atoms with Gasteiger partial charge in [-0.1, -0.05) is 13.8 Å². The van der Waals surface area contributed by atoms with E-state index in [-0.39, 0.29) is 39.6 Å². The summed E-state index contributed by atoms with van der Waals surface area (Å²) in [7, 11) is -2.09. The standard InChI is InChI=1S/C17H27N3O4S/c1-4-20-8-6-7-12(11-20)19-17(21)13-9-16(25(22,23)5-2)14(18)10-15(13)24-3/h9-10,12H,4-8,11,18H2,1-3H3,(H,19,21)/t12-/m1/s1. The summed E-state index contributed by atoms with van der Waals surface area (Å²) in [5.41, 5.74) is 6.13. The van der Waals surface area contributed by atoms with Crippen LogP contribution in [0.15, 0.2) is 17.0 Å². The second-order valence-electron chi connectivity index (χ2n) is 6.20. The van der Waals surface area contributed by atoms with E-state index in [4.69, 9.17) is 10.5 Å². The van der Waals surface area contributed by atoms with Gasteiger partial charge in [0.15, 0.2) is 9.84 Å². The molecule has 0 aliphatic carbocycles. The molecule has 1 amide bonds. The quantitative estimate of drug-likeness (QED) is 0.733. The molecule has 0 saturated carbocycles. The first-order valence-electron chi connectivity index (χ1n) is 8.55. The van der Waals surface area contributed by atoms with Crippen LogP contribution >= 0.6 is 0 Å². The largest absolute Gasteiger partial charge is 0.496 e. The van der Waals surface area contributed by atoms with Crippen molar-refractivity contribution < 1.29 is 17.9 Å². The maximum atomic E-state index is 12.7. The van der Waals surface area contributed by atoms with E-state index in [1.165, 1.54) is 19.2 Å². The van der Waals surface area contributed by atoms with E-state index in [0.29, 0.717) is 0 Å². The van der Waals surface area contributed by atoms with Crippen LogP contribution in [0.25, 0.3) is 0 Å². The molecule has 0 bridgehead atoms. The minimum atomic E-state index is -3.52. The number of nitrogens with zero attached hydrogens (tertiary/aromatic N) is 1. The fraction of sp³-hybridized carbons (Fsp3) is 0.588. The van der Waals surface area contributed by atoms with E-state index < -0.39 is 9.84 Å². The van der Waals surface area contributed by atoms with Crippen molar-refractivity contribution in [2.75, 3.05) is 38.2 Å². The third-order valence-corrected chi connectivity index (χ3v) is 6.36. The predicted molar refractivity (Wildman–Crippen MR) is 97.7 cm³/mol. The number of anilines is 1. The van der Waals surface area contributed by atoms with Crippen molar-refractivity contribution in [3.05, 3.63) is 17.7 Å². The first kappa shape index (κ1) is 19.5. The number of rotatable bonds is 6. The van der Waals surface area contributed by atoms with Gasteiger partial charge in [0, 0.05) is 18.7 Å². The zero-order chi connectivity index (χ0) is 18.6. The fourth-order valence-corrected chi connectivity index (χ4v) is 4.10. The number of benzene rings is 1. The van der Waals surface area contributed by atoms with Gasteiger partial charge in [-0.15, -0.1) is 0 Å². The number of nitrogen functional groups attached to an aromatic ring is 1. The monoisotopic (exact) mass is 369 g/mol. The number of hydrogen-bond donors (Lipinski definition) is 2. The SMILES string of the molecule is CCN1CCC[C@@H](NC(=O)c2cc(S(=O)(=O)CC)c(N)cc2OC)C1. The van der Waals surface area contributed by atoms with Crippen molar-refractivity contribution in [3.8, 4) is 5.75 Å². The molecule has 0 aromatic heterocycles. The van der Waals surface area contributed by atoms with E-state index in [1.54, 1.807) is 6.92 Å². The van der Waals surface area contributed by atoms with Crippen molar-refractivity contribution in [1.82, 2.24) is 10.2 Å². The number of carbonyl (C=O) groups is 1. The highest BCUT2D eigenvalue weighted by Gasteiger charge is 2.25. The summed E-state index contributed by atoms with van der Waals surface area (Å²) < 4.78 is 29.7. The number of piperidine rings is 1. The first-order valence-corrected chi connectivity index (χ1v) is 10.2. The lowest BCUT2D eigenvalue weighted by atomic mass is 10.0. The third kappa shape index (κ3) is 4.43. The van der Waals surface area contributed by atoms with E-state index in [0.717, 1.165) is 32.5 Å². The Morgan fingerprint density at radius 2 is 2.12 bits per heavy atom. The molecule has 1 aliphatic heterocycles. The van der Waals surface area contributed by atoms with Crippen LogP contribution < -0.4 is 15.8 Å². The topological polar surface area (TPSA) is 102 Å². The van der Waals surface area contributed by atoms with Crippen LogP contribution in [0.2, 0.25) is 0 Å². The number of nitrogens with one attached hydrogen (secondary N) is 1. The number of likely N-dealkylation sites (tertiary alicyclic amines) is 1. The van der Waals surface area contributed by atoms with Gasteiger partial charge in [0.2, 0.25) is 0 Å². The van der Waals surface area contributed by atoms with Crippen molar-refractivity contribution in [1.29, 1.82) is 0 Å². The molecule has 1 fully saturated rings. The molecule has 3 N–H and O–H groups in total. The van der Waals surface area contributed by atoms with E-state index in [1.807, 2.05) is 0 Å². The second-order valence-corrected chi connectivity index (χ2v) is 8.45. The Hall–Kier alpha value is -1.80. The zero-order valence-corrected chi connectivity index (χ0v) is 15.9. The summed E-state index contributed by atoms with van der Waals surface area (Å²) in [5.74, 6) is -0.154. The number of methoxy groups -OCH3 is 1. The molecule has 1 aromatic rings. The predicted octanol–water partition coefficient (Wildman–Crippen LogP) is 1.29. The zero-order valence-electron chi connectivity index (χ0n) is 15.0. The summed E-state index contributed by atoms with van der Waals surface area (Å²) in [6.07, 6.45) is 1.92. The van der Waals surface area contributed by atoms with Gasteiger partial charge < -0.3 is 20.7 Å². The summed E-state index contributed by atoms with van der Waals surface area (Å²) in [4.78, 5) is 15.0. The van der Waals surface area contributed by atoms with E-state index >= 15 is 0 Å². The number of likely N-dealkylation sites (N-methyl/N-ethyl adjacent to an activating group) is 1. The van der Waals surface area contributed by atoms with E-state index in [2.05, 4.69) is 17.1 Å². The van der Waals surface area contributed by atoms with Gasteiger partial charge in [0.1, 0.15) is 5.75 Å². The first-order chi connectivity index (χ1) is 11.8. The Balaban J connectivity index is 2.30. The van der Waals surface area contributed by atoms with Crippen LogP contribution in [0.5, 0.6) is 5.75 Å². The van der Waals surface area contributed by atoms with Crippen LogP contribution in [-0.2, 0) is 9.84 Å². The second kappa shape index (κ2) is 8.05. The lowest BCUT2D eigenvalue weighted by Crippen LogP contribution is -2.47. The van der Waals surface area contributed by atoms with Gasteiger partial charge in [-0.05, 0) is 32.0 Å². The summed E-state index contributed by atoms with van der Waals surface area (Å²) in [5, 5.41) is 2.99. The molecule has 1 aliphatic rings. The average molecular weight is 369 g/mol. The molecule has 140 valence electrons. The molecule has 1 heterocycles. The van der Waals surface area contributed by atoms with Gasteiger partial charge in [-0.2, -0.15) is 0 Å². The molecule has 0 unspecified atom stereocenters. The highest BCUT2D eigenvalue weighted by molar-refractivity contribution is 7.91. The van der Waals surface area contributed by atoms with Crippen molar-refractivity contribution in [2.24, 2.45) is 0 Å². The molecule has 1 atom stereocenters. The molecular weight excluding hydrogens is 342 g/mol. The Morgan fingerprint density at radius 3 is 2.72 bits per heavy atom. The number of ether oxygens (including phenoxy) is 1. The van der Waals surface area contributed by atoms with Gasteiger partial charge in [-0.3, -0.25) is 4.79 Å². The maximum Gasteiger partial charge on any atom is 0.255 e. The van der Waals surface area contributed by atoms with Crippen LogP contribution in [0.3, 0.4) is 0 Å². The Bertz CT molecular complexity index is 734. The number of nitrogens with two attached hydrogens (primary N) is 1. The molecular formula is C17H27N3O4S. The molecule has 2 rings (SSSR count). The fourth-order valence-electron chi connectivity index (χ4n) is 3.07.